The van der Waals surface area contributed by atoms with Crippen molar-refractivity contribution in [3.05, 3.63) is 59.4 Å². The average molecular weight is 346 g/mol. The van der Waals surface area contributed by atoms with Gasteiger partial charge in [0, 0.05) is 38.1 Å². The number of carbonyl (C=O) groups excluding carboxylic acids is 1. The predicted molar refractivity (Wildman–Crippen MR) is 94.6 cm³/mol. The van der Waals surface area contributed by atoms with Gasteiger partial charge in [0.15, 0.2) is 0 Å². The molecule has 0 radical (unpaired) electrons. The minimum atomic E-state index is -0.119. The van der Waals surface area contributed by atoms with Crippen molar-refractivity contribution < 1.29 is 9.53 Å². The van der Waals surface area contributed by atoms with Gasteiger partial charge in [-0.1, -0.05) is 29.8 Å². The Hall–Kier alpha value is -1.95. The first kappa shape index (κ1) is 16.9. The van der Waals surface area contributed by atoms with Crippen molar-refractivity contribution in [1.82, 2.24) is 9.88 Å². The van der Waals surface area contributed by atoms with Crippen molar-refractivity contribution >= 4 is 23.2 Å². The van der Waals surface area contributed by atoms with Crippen molar-refractivity contribution in [2.75, 3.05) is 44.3 Å². The van der Waals surface area contributed by atoms with Crippen LogP contribution in [-0.2, 0) is 4.74 Å². The highest BCUT2D eigenvalue weighted by atomic mass is 35.5. The lowest BCUT2D eigenvalue weighted by Gasteiger charge is -2.30. The van der Waals surface area contributed by atoms with E-state index in [1.807, 2.05) is 30.3 Å². The molecule has 0 spiro atoms. The minimum Gasteiger partial charge on any atom is -0.379 e. The van der Waals surface area contributed by atoms with Crippen LogP contribution < -0.4 is 4.90 Å². The molecule has 24 heavy (non-hydrogen) atoms. The third kappa shape index (κ3) is 4.32. The Morgan fingerprint density at radius 2 is 1.92 bits per heavy atom. The summed E-state index contributed by atoms with van der Waals surface area (Å²) >= 11 is 5.87. The van der Waals surface area contributed by atoms with Crippen molar-refractivity contribution in [3.8, 4) is 0 Å². The van der Waals surface area contributed by atoms with E-state index in [2.05, 4.69) is 9.88 Å². The van der Waals surface area contributed by atoms with E-state index in [1.165, 1.54) is 6.20 Å². The van der Waals surface area contributed by atoms with Gasteiger partial charge in [0.2, 0.25) is 0 Å². The largest absolute Gasteiger partial charge is 0.379 e. The van der Waals surface area contributed by atoms with Crippen LogP contribution in [0.1, 0.15) is 10.5 Å². The Morgan fingerprint density at radius 1 is 1.17 bits per heavy atom. The molecule has 1 aliphatic rings. The lowest BCUT2D eigenvalue weighted by atomic mass is 10.2. The number of hydrogen-bond donors (Lipinski definition) is 0. The zero-order chi connectivity index (χ0) is 16.8. The number of aromatic nitrogens is 1. The maximum absolute atomic E-state index is 12.9. The summed E-state index contributed by atoms with van der Waals surface area (Å²) in [5.74, 6) is -0.119. The van der Waals surface area contributed by atoms with Crippen LogP contribution in [0.3, 0.4) is 0 Å². The molecule has 6 heteroatoms. The van der Waals surface area contributed by atoms with Gasteiger partial charge in [-0.05, 0) is 24.3 Å². The normalized spacial score (nSPS) is 15.2. The van der Waals surface area contributed by atoms with Crippen molar-refractivity contribution in [2.45, 2.75) is 0 Å². The Kier molecular flexibility index (Phi) is 5.80. The summed E-state index contributed by atoms with van der Waals surface area (Å²) in [6.45, 7) is 4.70. The summed E-state index contributed by atoms with van der Waals surface area (Å²) in [6, 6.07) is 13.0. The Labute approximate surface area is 146 Å². The second kappa shape index (κ2) is 8.24. The van der Waals surface area contributed by atoms with E-state index in [0.29, 0.717) is 17.3 Å². The quantitative estimate of drug-likeness (QED) is 0.836. The zero-order valence-electron chi connectivity index (χ0n) is 13.4. The number of amides is 1. The van der Waals surface area contributed by atoms with Gasteiger partial charge in [-0.2, -0.15) is 0 Å². The molecule has 3 rings (SSSR count). The number of pyridine rings is 1. The first-order chi connectivity index (χ1) is 11.7. The number of rotatable bonds is 5. The fourth-order valence-corrected chi connectivity index (χ4v) is 2.77. The maximum Gasteiger partial charge on any atom is 0.276 e. The lowest BCUT2D eigenvalue weighted by molar-refractivity contribution is 0.0391. The molecule has 1 aromatic carbocycles. The van der Waals surface area contributed by atoms with E-state index in [0.717, 1.165) is 38.5 Å². The van der Waals surface area contributed by atoms with E-state index in [4.69, 9.17) is 16.3 Å². The summed E-state index contributed by atoms with van der Waals surface area (Å²) < 4.78 is 5.37. The highest BCUT2D eigenvalue weighted by Gasteiger charge is 2.20. The molecule has 0 unspecified atom stereocenters. The molecule has 0 bridgehead atoms. The van der Waals surface area contributed by atoms with Crippen LogP contribution in [0.5, 0.6) is 0 Å². The molecule has 0 atom stereocenters. The number of benzene rings is 1. The third-order valence-corrected chi connectivity index (χ3v) is 4.23. The van der Waals surface area contributed by atoms with Gasteiger partial charge >= 0.3 is 0 Å². The Balaban J connectivity index is 1.76. The van der Waals surface area contributed by atoms with Gasteiger partial charge in [0.1, 0.15) is 5.69 Å². The molecule has 126 valence electrons. The summed E-state index contributed by atoms with van der Waals surface area (Å²) in [6.07, 6.45) is 1.50. The van der Waals surface area contributed by atoms with E-state index in [9.17, 15) is 4.79 Å². The molecule has 0 N–H and O–H groups in total. The van der Waals surface area contributed by atoms with Crippen LogP contribution >= 0.6 is 11.6 Å². The number of ether oxygens (including phenoxy) is 1. The molecule has 1 fully saturated rings. The molecular formula is C18H20ClN3O2. The van der Waals surface area contributed by atoms with Crippen LogP contribution in [0.25, 0.3) is 0 Å². The molecule has 1 saturated heterocycles. The standard InChI is InChI=1S/C18H20ClN3O2/c19-15-6-7-17(20-14-15)18(23)22(16-4-2-1-3-5-16)9-8-21-10-12-24-13-11-21/h1-7,14H,8-13H2. The molecule has 0 aliphatic carbocycles. The summed E-state index contributed by atoms with van der Waals surface area (Å²) in [7, 11) is 0. The van der Waals surface area contributed by atoms with Crippen molar-refractivity contribution in [2.24, 2.45) is 0 Å². The molecule has 1 aliphatic heterocycles. The number of nitrogens with zero attached hydrogens (tertiary/aromatic N) is 3. The molecule has 2 aromatic rings. The first-order valence-electron chi connectivity index (χ1n) is 8.02. The Bertz CT molecular complexity index is 658. The number of hydrogen-bond acceptors (Lipinski definition) is 4. The minimum absolute atomic E-state index is 0.119. The van der Waals surface area contributed by atoms with Gasteiger partial charge in [-0.3, -0.25) is 9.69 Å². The summed E-state index contributed by atoms with van der Waals surface area (Å²) in [4.78, 5) is 21.1. The van der Waals surface area contributed by atoms with Gasteiger partial charge in [0.05, 0.1) is 18.2 Å². The second-order valence-electron chi connectivity index (χ2n) is 5.61. The lowest BCUT2D eigenvalue weighted by Crippen LogP contribution is -2.43. The number of para-hydroxylation sites is 1. The van der Waals surface area contributed by atoms with E-state index in [1.54, 1.807) is 17.0 Å². The number of anilines is 1. The van der Waals surface area contributed by atoms with E-state index >= 15 is 0 Å². The zero-order valence-corrected chi connectivity index (χ0v) is 14.2. The molecular weight excluding hydrogens is 326 g/mol. The topological polar surface area (TPSA) is 45.7 Å². The third-order valence-electron chi connectivity index (χ3n) is 4.00. The number of morpholine rings is 1. The monoisotopic (exact) mass is 345 g/mol. The van der Waals surface area contributed by atoms with Crippen LogP contribution in [0.4, 0.5) is 5.69 Å². The fourth-order valence-electron chi connectivity index (χ4n) is 2.66. The van der Waals surface area contributed by atoms with Gasteiger partial charge in [-0.25, -0.2) is 4.98 Å². The van der Waals surface area contributed by atoms with Gasteiger partial charge in [0.25, 0.3) is 5.91 Å². The van der Waals surface area contributed by atoms with Gasteiger partial charge < -0.3 is 9.64 Å². The molecule has 1 aromatic heterocycles. The smallest absolute Gasteiger partial charge is 0.276 e. The summed E-state index contributed by atoms with van der Waals surface area (Å²) in [5, 5.41) is 0.520. The van der Waals surface area contributed by atoms with Crippen molar-refractivity contribution in [1.29, 1.82) is 0 Å². The van der Waals surface area contributed by atoms with Crippen molar-refractivity contribution in [3.63, 3.8) is 0 Å². The first-order valence-corrected chi connectivity index (χ1v) is 8.40. The average Bonchev–Trinajstić information content (AvgIpc) is 2.64. The fraction of sp³-hybridized carbons (Fsp3) is 0.333. The van der Waals surface area contributed by atoms with Crippen LogP contribution in [0.2, 0.25) is 5.02 Å². The second-order valence-corrected chi connectivity index (χ2v) is 6.04. The van der Waals surface area contributed by atoms with Crippen LogP contribution in [0.15, 0.2) is 48.7 Å². The van der Waals surface area contributed by atoms with E-state index in [-0.39, 0.29) is 5.91 Å². The highest BCUT2D eigenvalue weighted by molar-refractivity contribution is 6.30. The highest BCUT2D eigenvalue weighted by Crippen LogP contribution is 2.17. The van der Waals surface area contributed by atoms with Gasteiger partial charge in [-0.15, -0.1) is 0 Å². The van der Waals surface area contributed by atoms with Crippen LogP contribution in [0, 0.1) is 0 Å². The molecule has 1 amide bonds. The molecule has 0 saturated carbocycles. The maximum atomic E-state index is 12.9. The Morgan fingerprint density at radius 3 is 2.58 bits per heavy atom. The van der Waals surface area contributed by atoms with E-state index < -0.39 is 0 Å². The summed E-state index contributed by atoms with van der Waals surface area (Å²) in [5.41, 5.74) is 1.26. The number of carbonyl (C=O) groups is 1. The SMILES string of the molecule is O=C(c1ccc(Cl)cn1)N(CCN1CCOCC1)c1ccccc1. The molecule has 2 heterocycles. The number of halogens is 1. The van der Waals surface area contributed by atoms with Crippen LogP contribution in [-0.4, -0.2) is 55.2 Å². The predicted octanol–water partition coefficient (Wildman–Crippen LogP) is 2.71. The molecule has 5 nitrogen and oxygen atoms in total.